The van der Waals surface area contributed by atoms with Gasteiger partial charge in [-0.1, -0.05) is 39.0 Å². The van der Waals surface area contributed by atoms with E-state index in [1.54, 1.807) is 16.2 Å². The van der Waals surface area contributed by atoms with Crippen LogP contribution in [0.2, 0.25) is 0 Å². The van der Waals surface area contributed by atoms with Gasteiger partial charge in [0.25, 0.3) is 5.91 Å². The second-order valence-electron chi connectivity index (χ2n) is 8.07. The van der Waals surface area contributed by atoms with Gasteiger partial charge in [0.15, 0.2) is 0 Å². The molecule has 1 aliphatic heterocycles. The van der Waals surface area contributed by atoms with Crippen molar-refractivity contribution in [3.8, 4) is 0 Å². The zero-order valence-electron chi connectivity index (χ0n) is 15.8. The second-order valence-corrected chi connectivity index (χ2v) is 9.10. The van der Waals surface area contributed by atoms with E-state index in [1.165, 1.54) is 5.56 Å². The van der Waals surface area contributed by atoms with Crippen LogP contribution in [0, 0.1) is 0 Å². The highest BCUT2D eigenvalue weighted by molar-refractivity contribution is 7.09. The van der Waals surface area contributed by atoms with Gasteiger partial charge in [-0.3, -0.25) is 9.59 Å². The number of nitrogens with one attached hydrogen (secondary N) is 1. The van der Waals surface area contributed by atoms with Crippen molar-refractivity contribution in [1.29, 1.82) is 0 Å². The Morgan fingerprint density at radius 2 is 1.88 bits per heavy atom. The molecular weight excluding hydrogens is 344 g/mol. The van der Waals surface area contributed by atoms with Crippen molar-refractivity contribution in [1.82, 2.24) is 10.2 Å². The minimum Gasteiger partial charge on any atom is -0.349 e. The molecule has 0 saturated carbocycles. The smallest absolute Gasteiger partial charge is 0.254 e. The van der Waals surface area contributed by atoms with Crippen molar-refractivity contribution in [2.24, 2.45) is 0 Å². The number of thiophene rings is 1. The van der Waals surface area contributed by atoms with Crippen LogP contribution in [-0.4, -0.2) is 28.8 Å². The van der Waals surface area contributed by atoms with Crippen LogP contribution >= 0.6 is 11.3 Å². The summed E-state index contributed by atoms with van der Waals surface area (Å²) in [5, 5.41) is 4.96. The highest BCUT2D eigenvalue weighted by atomic mass is 32.1. The molecule has 1 aliphatic rings. The van der Waals surface area contributed by atoms with Crippen LogP contribution in [0.15, 0.2) is 41.8 Å². The summed E-state index contributed by atoms with van der Waals surface area (Å²) in [6.07, 6.45) is 0.690. The lowest BCUT2D eigenvalue weighted by Gasteiger charge is -2.49. The van der Waals surface area contributed by atoms with Crippen LogP contribution in [0.1, 0.15) is 54.9 Å². The molecule has 1 N–H and O–H groups in total. The number of hydrogen-bond acceptors (Lipinski definition) is 3. The van der Waals surface area contributed by atoms with Crippen molar-refractivity contribution >= 4 is 23.2 Å². The molecule has 1 aromatic carbocycles. The number of nitrogens with zero attached hydrogens (tertiary/aromatic N) is 1. The molecule has 1 fully saturated rings. The topological polar surface area (TPSA) is 49.4 Å². The Labute approximate surface area is 159 Å². The number of amides is 2. The Morgan fingerprint density at radius 1 is 1.19 bits per heavy atom. The Kier molecular flexibility index (Phi) is 4.93. The zero-order chi connectivity index (χ0) is 18.9. The van der Waals surface area contributed by atoms with Crippen molar-refractivity contribution in [2.75, 3.05) is 6.54 Å². The van der Waals surface area contributed by atoms with Gasteiger partial charge in [0.1, 0.15) is 5.54 Å². The first-order valence-electron chi connectivity index (χ1n) is 8.95. The molecule has 1 unspecified atom stereocenters. The SMILES string of the molecule is CC(C)(C)c1ccc(C(=O)N2CCC2(C)C(=O)NCc2cccs2)cc1. The van der Waals surface area contributed by atoms with E-state index in [0.717, 1.165) is 4.88 Å². The van der Waals surface area contributed by atoms with Crippen LogP contribution < -0.4 is 5.32 Å². The van der Waals surface area contributed by atoms with Crippen LogP contribution in [0.25, 0.3) is 0 Å². The standard InChI is InChI=1S/C21H26N2O2S/c1-20(2,3)16-9-7-15(8-10-16)18(24)23-12-11-21(23,4)19(25)22-14-17-6-5-13-26-17/h5-10,13H,11-12,14H2,1-4H3,(H,22,25). The maximum Gasteiger partial charge on any atom is 0.254 e. The number of benzene rings is 1. The molecule has 0 spiro atoms. The minimum atomic E-state index is -0.767. The van der Waals surface area contributed by atoms with Crippen LogP contribution in [0.4, 0.5) is 0 Å². The van der Waals surface area contributed by atoms with Gasteiger partial charge in [0, 0.05) is 17.0 Å². The molecule has 3 rings (SSSR count). The molecule has 1 aromatic heterocycles. The molecule has 26 heavy (non-hydrogen) atoms. The van der Waals surface area contributed by atoms with Gasteiger partial charge < -0.3 is 10.2 Å². The summed E-state index contributed by atoms with van der Waals surface area (Å²) in [5.41, 5.74) is 1.11. The predicted molar refractivity (Wildman–Crippen MR) is 105 cm³/mol. The lowest BCUT2D eigenvalue weighted by Crippen LogP contribution is -2.67. The van der Waals surface area contributed by atoms with Crippen LogP contribution in [0.3, 0.4) is 0 Å². The molecule has 0 bridgehead atoms. The van der Waals surface area contributed by atoms with Gasteiger partial charge >= 0.3 is 0 Å². The maximum absolute atomic E-state index is 12.9. The van der Waals surface area contributed by atoms with Crippen LogP contribution in [-0.2, 0) is 16.8 Å². The fourth-order valence-corrected chi connectivity index (χ4v) is 3.80. The van der Waals surface area contributed by atoms with Crippen LogP contribution in [0.5, 0.6) is 0 Å². The van der Waals surface area contributed by atoms with E-state index in [2.05, 4.69) is 26.1 Å². The summed E-state index contributed by atoms with van der Waals surface area (Å²) in [6, 6.07) is 11.7. The molecule has 5 heteroatoms. The first-order chi connectivity index (χ1) is 12.2. The van der Waals surface area contributed by atoms with Gasteiger partial charge in [0.2, 0.25) is 5.91 Å². The molecule has 1 saturated heterocycles. The van der Waals surface area contributed by atoms with Gasteiger partial charge in [-0.05, 0) is 47.9 Å². The lowest BCUT2D eigenvalue weighted by molar-refractivity contribution is -0.137. The first-order valence-corrected chi connectivity index (χ1v) is 9.83. The maximum atomic E-state index is 12.9. The monoisotopic (exact) mass is 370 g/mol. The minimum absolute atomic E-state index is 0.0501. The Hall–Kier alpha value is -2.14. The third-order valence-electron chi connectivity index (χ3n) is 5.15. The van der Waals surface area contributed by atoms with E-state index < -0.39 is 5.54 Å². The van der Waals surface area contributed by atoms with Crippen molar-refractivity contribution in [2.45, 2.75) is 51.6 Å². The molecule has 2 heterocycles. The number of likely N-dealkylation sites (tertiary alicyclic amines) is 1. The van der Waals surface area contributed by atoms with E-state index in [1.807, 2.05) is 48.7 Å². The molecule has 2 amide bonds. The summed E-state index contributed by atoms with van der Waals surface area (Å²) in [5.74, 6) is -0.165. The second kappa shape index (κ2) is 6.88. The van der Waals surface area contributed by atoms with Gasteiger partial charge in [-0.2, -0.15) is 0 Å². The Morgan fingerprint density at radius 3 is 2.38 bits per heavy atom. The summed E-state index contributed by atoms with van der Waals surface area (Å²) in [6.45, 7) is 9.41. The highest BCUT2D eigenvalue weighted by Gasteiger charge is 2.49. The van der Waals surface area contributed by atoms with Crippen molar-refractivity contribution < 1.29 is 9.59 Å². The fourth-order valence-electron chi connectivity index (χ4n) is 3.16. The van der Waals surface area contributed by atoms with Crippen molar-refractivity contribution in [3.05, 3.63) is 57.8 Å². The number of carbonyl (C=O) groups excluding carboxylic acids is 2. The molecule has 4 nitrogen and oxygen atoms in total. The van der Waals surface area contributed by atoms with E-state index >= 15 is 0 Å². The normalized spacial score (nSPS) is 19.8. The zero-order valence-corrected chi connectivity index (χ0v) is 16.7. The average molecular weight is 371 g/mol. The summed E-state index contributed by atoms with van der Waals surface area (Å²) in [7, 11) is 0. The fraction of sp³-hybridized carbons (Fsp3) is 0.429. The van der Waals surface area contributed by atoms with Gasteiger partial charge in [-0.15, -0.1) is 11.3 Å². The molecule has 2 aromatic rings. The van der Waals surface area contributed by atoms with E-state index in [-0.39, 0.29) is 17.2 Å². The van der Waals surface area contributed by atoms with E-state index in [4.69, 9.17) is 0 Å². The molecule has 0 radical (unpaired) electrons. The molecule has 1 atom stereocenters. The number of carbonyl (C=O) groups is 2. The predicted octanol–water partition coefficient (Wildman–Crippen LogP) is 3.97. The third-order valence-corrected chi connectivity index (χ3v) is 6.03. The quantitative estimate of drug-likeness (QED) is 0.885. The Balaban J connectivity index is 1.68. The van der Waals surface area contributed by atoms with E-state index in [9.17, 15) is 9.59 Å². The van der Waals surface area contributed by atoms with Gasteiger partial charge in [-0.25, -0.2) is 0 Å². The molecular formula is C21H26N2O2S. The third kappa shape index (κ3) is 3.54. The first kappa shape index (κ1) is 18.6. The lowest BCUT2D eigenvalue weighted by atomic mass is 9.84. The summed E-state index contributed by atoms with van der Waals surface area (Å²) >= 11 is 1.61. The number of hydrogen-bond donors (Lipinski definition) is 1. The molecule has 0 aliphatic carbocycles. The molecule has 138 valence electrons. The highest BCUT2D eigenvalue weighted by Crippen LogP contribution is 2.33. The van der Waals surface area contributed by atoms with Crippen molar-refractivity contribution in [3.63, 3.8) is 0 Å². The average Bonchev–Trinajstić information content (AvgIpc) is 3.10. The van der Waals surface area contributed by atoms with E-state index in [0.29, 0.717) is 25.1 Å². The van der Waals surface area contributed by atoms with Gasteiger partial charge in [0.05, 0.1) is 6.54 Å². The number of rotatable bonds is 4. The Bertz CT molecular complexity index is 790. The largest absolute Gasteiger partial charge is 0.349 e. The summed E-state index contributed by atoms with van der Waals surface area (Å²) < 4.78 is 0. The summed E-state index contributed by atoms with van der Waals surface area (Å²) in [4.78, 5) is 28.4.